The molecule has 1 aliphatic rings. The highest BCUT2D eigenvalue weighted by Crippen LogP contribution is 2.06. The van der Waals surface area contributed by atoms with E-state index in [1.807, 2.05) is 0 Å². The number of hydrogen-bond acceptors (Lipinski definition) is 2. The lowest BCUT2D eigenvalue weighted by molar-refractivity contribution is 0.0808. The van der Waals surface area contributed by atoms with Crippen LogP contribution in [0.25, 0.3) is 0 Å². The van der Waals surface area contributed by atoms with Crippen molar-refractivity contribution in [2.45, 2.75) is 25.9 Å². The fourth-order valence-electron chi connectivity index (χ4n) is 1.04. The Hall–Kier alpha value is -0.150. The Morgan fingerprint density at radius 1 is 1.80 bits per heavy atom. The summed E-state index contributed by atoms with van der Waals surface area (Å²) in [5.74, 6) is 0. The number of thiocarbonyl (C=S) groups is 1. The van der Waals surface area contributed by atoms with Gasteiger partial charge in [-0.2, -0.15) is 0 Å². The quantitative estimate of drug-likeness (QED) is 0.610. The molecule has 2 nitrogen and oxygen atoms in total. The van der Waals surface area contributed by atoms with Crippen molar-refractivity contribution < 1.29 is 4.74 Å². The van der Waals surface area contributed by atoms with Crippen molar-refractivity contribution in [3.8, 4) is 0 Å². The first-order valence-corrected chi connectivity index (χ1v) is 4.14. The fourth-order valence-corrected chi connectivity index (χ4v) is 1.33. The molecule has 0 spiro atoms. The van der Waals surface area contributed by atoms with Gasteiger partial charge < -0.3 is 10.1 Å². The molecule has 1 saturated heterocycles. The highest BCUT2D eigenvalue weighted by molar-refractivity contribution is 7.80. The zero-order chi connectivity index (χ0) is 7.40. The lowest BCUT2D eigenvalue weighted by atomic mass is 10.2. The highest BCUT2D eigenvalue weighted by Gasteiger charge is 2.17. The molecule has 3 heteroatoms. The predicted molar refractivity (Wildman–Crippen MR) is 45.2 cm³/mol. The maximum absolute atomic E-state index is 5.43. The van der Waals surface area contributed by atoms with Crippen LogP contribution < -0.4 is 5.32 Å². The monoisotopic (exact) mass is 159 g/mol. The molecule has 0 aromatic carbocycles. The fraction of sp³-hybridized carbons (Fsp3) is 0.857. The minimum Gasteiger partial charge on any atom is -0.375 e. The molecule has 10 heavy (non-hydrogen) atoms. The Bertz CT molecular complexity index is 125. The Balaban J connectivity index is 2.32. The minimum atomic E-state index is 0.189. The maximum Gasteiger partial charge on any atom is 0.107 e. The second-order valence-corrected chi connectivity index (χ2v) is 2.88. The van der Waals surface area contributed by atoms with Gasteiger partial charge in [0, 0.05) is 6.54 Å². The third-order valence-electron chi connectivity index (χ3n) is 1.56. The molecular formula is C7H13NOS. The van der Waals surface area contributed by atoms with Crippen LogP contribution in [0.5, 0.6) is 0 Å². The van der Waals surface area contributed by atoms with Crippen LogP contribution in [-0.4, -0.2) is 24.2 Å². The van der Waals surface area contributed by atoms with Gasteiger partial charge in [0.1, 0.15) is 11.1 Å². The van der Waals surface area contributed by atoms with Gasteiger partial charge in [-0.1, -0.05) is 25.6 Å². The lowest BCUT2D eigenvalue weighted by Gasteiger charge is -2.24. The van der Waals surface area contributed by atoms with E-state index in [0.717, 1.165) is 31.0 Å². The number of rotatable bonds is 2. The summed E-state index contributed by atoms with van der Waals surface area (Å²) in [6.45, 7) is 3.81. The highest BCUT2D eigenvalue weighted by atomic mass is 32.1. The summed E-state index contributed by atoms with van der Waals surface area (Å²) in [6, 6.07) is 0. The predicted octanol–water partition coefficient (Wildman–Crippen LogP) is 1.10. The van der Waals surface area contributed by atoms with Crippen molar-refractivity contribution in [3.05, 3.63) is 0 Å². The summed E-state index contributed by atoms with van der Waals surface area (Å²) in [4.78, 5) is 0.883. The number of morpholine rings is 1. The van der Waals surface area contributed by atoms with Gasteiger partial charge >= 0.3 is 0 Å². The van der Waals surface area contributed by atoms with E-state index in [0.29, 0.717) is 0 Å². The SMILES string of the molecule is CCCC1OCCNC1=S. The van der Waals surface area contributed by atoms with Crippen LogP contribution in [0.1, 0.15) is 19.8 Å². The second kappa shape index (κ2) is 3.88. The van der Waals surface area contributed by atoms with E-state index in [4.69, 9.17) is 17.0 Å². The van der Waals surface area contributed by atoms with Crippen LogP contribution in [0, 0.1) is 0 Å². The molecule has 1 N–H and O–H groups in total. The van der Waals surface area contributed by atoms with Gasteiger partial charge in [-0.3, -0.25) is 0 Å². The molecule has 0 saturated carbocycles. The first-order valence-electron chi connectivity index (χ1n) is 3.74. The first kappa shape index (κ1) is 7.95. The van der Waals surface area contributed by atoms with Crippen molar-refractivity contribution in [3.63, 3.8) is 0 Å². The summed E-state index contributed by atoms with van der Waals surface area (Å²) in [7, 11) is 0. The zero-order valence-electron chi connectivity index (χ0n) is 6.22. The van der Waals surface area contributed by atoms with Gasteiger partial charge in [0.15, 0.2) is 0 Å². The summed E-state index contributed by atoms with van der Waals surface area (Å²) >= 11 is 5.06. The number of nitrogens with one attached hydrogen (secondary N) is 1. The normalized spacial score (nSPS) is 26.1. The van der Waals surface area contributed by atoms with E-state index in [-0.39, 0.29) is 6.10 Å². The van der Waals surface area contributed by atoms with Gasteiger partial charge in [-0.05, 0) is 6.42 Å². The molecule has 1 heterocycles. The Kier molecular flexibility index (Phi) is 3.09. The van der Waals surface area contributed by atoms with E-state index in [2.05, 4.69) is 12.2 Å². The van der Waals surface area contributed by atoms with Gasteiger partial charge in [0.05, 0.1) is 6.61 Å². The van der Waals surface area contributed by atoms with Crippen molar-refractivity contribution in [2.75, 3.05) is 13.2 Å². The summed E-state index contributed by atoms with van der Waals surface area (Å²) in [5, 5.41) is 3.12. The molecule has 1 rings (SSSR count). The van der Waals surface area contributed by atoms with E-state index < -0.39 is 0 Å². The summed E-state index contributed by atoms with van der Waals surface area (Å²) < 4.78 is 5.43. The van der Waals surface area contributed by atoms with Gasteiger partial charge in [-0.15, -0.1) is 0 Å². The van der Waals surface area contributed by atoms with Crippen molar-refractivity contribution >= 4 is 17.2 Å². The van der Waals surface area contributed by atoms with Crippen molar-refractivity contribution in [2.24, 2.45) is 0 Å². The molecule has 0 bridgehead atoms. The number of hydrogen-bond donors (Lipinski definition) is 1. The van der Waals surface area contributed by atoms with Crippen LogP contribution in [0.2, 0.25) is 0 Å². The van der Waals surface area contributed by atoms with E-state index >= 15 is 0 Å². The van der Waals surface area contributed by atoms with Gasteiger partial charge in [0.25, 0.3) is 0 Å². The van der Waals surface area contributed by atoms with Crippen LogP contribution in [0.15, 0.2) is 0 Å². The molecule has 1 unspecified atom stereocenters. The molecule has 0 aliphatic carbocycles. The standard InChI is InChI=1S/C7H13NOS/c1-2-3-6-7(10)8-4-5-9-6/h6H,2-5H2,1H3,(H,8,10). The van der Waals surface area contributed by atoms with Crippen LogP contribution in [-0.2, 0) is 4.74 Å². The molecule has 0 amide bonds. The lowest BCUT2D eigenvalue weighted by Crippen LogP contribution is -2.42. The Labute approximate surface area is 66.9 Å². The average Bonchev–Trinajstić information content (AvgIpc) is 1.94. The van der Waals surface area contributed by atoms with Gasteiger partial charge in [-0.25, -0.2) is 0 Å². The topological polar surface area (TPSA) is 21.3 Å². The minimum absolute atomic E-state index is 0.189. The molecule has 0 aromatic heterocycles. The largest absolute Gasteiger partial charge is 0.375 e. The molecular weight excluding hydrogens is 146 g/mol. The zero-order valence-corrected chi connectivity index (χ0v) is 7.04. The smallest absolute Gasteiger partial charge is 0.107 e. The molecule has 0 aromatic rings. The van der Waals surface area contributed by atoms with Crippen LogP contribution in [0.4, 0.5) is 0 Å². The molecule has 1 atom stereocenters. The first-order chi connectivity index (χ1) is 4.84. The molecule has 0 radical (unpaired) electrons. The second-order valence-electron chi connectivity index (χ2n) is 2.44. The van der Waals surface area contributed by atoms with Gasteiger partial charge in [0.2, 0.25) is 0 Å². The maximum atomic E-state index is 5.43. The van der Waals surface area contributed by atoms with Crippen molar-refractivity contribution in [1.29, 1.82) is 0 Å². The molecule has 1 aliphatic heterocycles. The third-order valence-corrected chi connectivity index (χ3v) is 1.97. The third kappa shape index (κ3) is 1.92. The average molecular weight is 159 g/mol. The number of ether oxygens (including phenoxy) is 1. The molecule has 58 valence electrons. The Morgan fingerprint density at radius 2 is 2.60 bits per heavy atom. The van der Waals surface area contributed by atoms with Crippen LogP contribution in [0.3, 0.4) is 0 Å². The van der Waals surface area contributed by atoms with Crippen molar-refractivity contribution in [1.82, 2.24) is 5.32 Å². The molecule has 1 fully saturated rings. The van der Waals surface area contributed by atoms with Crippen LogP contribution >= 0.6 is 12.2 Å². The van der Waals surface area contributed by atoms with E-state index in [1.54, 1.807) is 0 Å². The van der Waals surface area contributed by atoms with E-state index in [1.165, 1.54) is 0 Å². The Morgan fingerprint density at radius 3 is 3.20 bits per heavy atom. The summed E-state index contributed by atoms with van der Waals surface area (Å²) in [5.41, 5.74) is 0. The van der Waals surface area contributed by atoms with E-state index in [9.17, 15) is 0 Å². The summed E-state index contributed by atoms with van der Waals surface area (Å²) in [6.07, 6.45) is 2.37.